The van der Waals surface area contributed by atoms with E-state index in [1.54, 1.807) is 41.3 Å². The number of anilines is 1. The summed E-state index contributed by atoms with van der Waals surface area (Å²) < 4.78 is 12.2. The average Bonchev–Trinajstić information content (AvgIpc) is 3.38. The molecular formula is C31H31ClN2O6. The predicted octanol–water partition coefficient (Wildman–Crippen LogP) is 3.32. The Hall–Kier alpha value is -3.46. The molecule has 2 aromatic rings. The van der Waals surface area contributed by atoms with Gasteiger partial charge in [0.05, 0.1) is 42.0 Å². The zero-order valence-electron chi connectivity index (χ0n) is 21.9. The van der Waals surface area contributed by atoms with Gasteiger partial charge in [0, 0.05) is 6.54 Å². The normalized spacial score (nSPS) is 31.3. The van der Waals surface area contributed by atoms with E-state index < -0.39 is 47.5 Å². The van der Waals surface area contributed by atoms with Gasteiger partial charge < -0.3 is 24.4 Å². The summed E-state index contributed by atoms with van der Waals surface area (Å²) in [6.45, 7) is 0.0776. The minimum Gasteiger partial charge on any atom is -0.465 e. The lowest BCUT2D eigenvalue weighted by molar-refractivity contribution is -0.155. The van der Waals surface area contributed by atoms with Crippen LogP contribution in [0, 0.1) is 11.8 Å². The fraction of sp³-hybridized carbons (Fsp3) is 0.387. The Morgan fingerprint density at radius 3 is 2.58 bits per heavy atom. The summed E-state index contributed by atoms with van der Waals surface area (Å²) in [5, 5.41) is 11.0. The van der Waals surface area contributed by atoms with E-state index in [1.165, 1.54) is 4.90 Å². The number of hydrogen-bond donors (Lipinski definition) is 1. The highest BCUT2D eigenvalue weighted by molar-refractivity contribution is 6.34. The molecule has 4 heterocycles. The molecule has 6 atom stereocenters. The van der Waals surface area contributed by atoms with Gasteiger partial charge in [-0.25, -0.2) is 0 Å². The number of carbonyl (C=O) groups is 3. The lowest BCUT2D eigenvalue weighted by Crippen LogP contribution is -2.58. The van der Waals surface area contributed by atoms with E-state index in [1.807, 2.05) is 42.5 Å². The number of allylic oxidation sites excluding steroid dienone is 1. The highest BCUT2D eigenvalue weighted by Gasteiger charge is 2.72. The van der Waals surface area contributed by atoms with Gasteiger partial charge in [-0.2, -0.15) is 0 Å². The van der Waals surface area contributed by atoms with Crippen LogP contribution in [-0.4, -0.2) is 71.3 Å². The molecule has 2 amide bonds. The van der Waals surface area contributed by atoms with Gasteiger partial charge in [-0.05, 0) is 37.0 Å². The van der Waals surface area contributed by atoms with E-state index >= 15 is 0 Å². The van der Waals surface area contributed by atoms with Crippen molar-refractivity contribution >= 4 is 35.1 Å². The smallest absolute Gasteiger partial charge is 0.312 e. The number of esters is 1. The zero-order chi connectivity index (χ0) is 27.9. The number of benzene rings is 2. The van der Waals surface area contributed by atoms with E-state index in [0.29, 0.717) is 30.0 Å². The van der Waals surface area contributed by atoms with Gasteiger partial charge in [0.15, 0.2) is 0 Å². The van der Waals surface area contributed by atoms with Crippen molar-refractivity contribution in [3.8, 4) is 0 Å². The number of hydrogen-bond acceptors (Lipinski definition) is 6. The monoisotopic (exact) mass is 562 g/mol. The first-order valence-corrected chi connectivity index (χ1v) is 14.1. The van der Waals surface area contributed by atoms with Crippen LogP contribution >= 0.6 is 11.6 Å². The lowest BCUT2D eigenvalue weighted by Gasteiger charge is -2.38. The number of ether oxygens (including phenoxy) is 2. The van der Waals surface area contributed by atoms with Crippen molar-refractivity contribution in [3.05, 3.63) is 89.5 Å². The third-order valence-electron chi connectivity index (χ3n) is 8.35. The summed E-state index contributed by atoms with van der Waals surface area (Å²) in [5.41, 5.74) is -0.00893. The maximum Gasteiger partial charge on any atom is 0.312 e. The maximum absolute atomic E-state index is 14.6. The molecule has 2 fully saturated rings. The molecule has 1 spiro atoms. The Bertz CT molecular complexity index is 1360. The second-order valence-electron chi connectivity index (χ2n) is 10.7. The number of aliphatic hydroxyl groups excluding tert-OH is 1. The molecule has 0 radical (unpaired) electrons. The van der Waals surface area contributed by atoms with Gasteiger partial charge in [-0.15, -0.1) is 0 Å². The van der Waals surface area contributed by atoms with E-state index in [2.05, 4.69) is 0 Å². The van der Waals surface area contributed by atoms with Gasteiger partial charge in [0.25, 0.3) is 5.91 Å². The summed E-state index contributed by atoms with van der Waals surface area (Å²) in [7, 11) is 0. The summed E-state index contributed by atoms with van der Waals surface area (Å²) in [4.78, 5) is 45.4. The molecule has 208 valence electrons. The number of cyclic esters (lactones) is 1. The highest BCUT2D eigenvalue weighted by atomic mass is 35.5. The van der Waals surface area contributed by atoms with Crippen molar-refractivity contribution in [1.29, 1.82) is 0 Å². The Morgan fingerprint density at radius 2 is 1.80 bits per heavy atom. The van der Waals surface area contributed by atoms with Crippen LogP contribution in [0.1, 0.15) is 18.4 Å². The molecule has 0 aromatic heterocycles. The Morgan fingerprint density at radius 1 is 1.02 bits per heavy atom. The van der Waals surface area contributed by atoms with E-state index in [4.69, 9.17) is 21.1 Å². The largest absolute Gasteiger partial charge is 0.465 e. The van der Waals surface area contributed by atoms with Crippen LogP contribution in [0.4, 0.5) is 5.69 Å². The molecule has 0 bridgehead atoms. The molecule has 1 N–H and O–H groups in total. The molecule has 0 aliphatic carbocycles. The minimum atomic E-state index is -1.42. The van der Waals surface area contributed by atoms with Crippen molar-refractivity contribution in [2.24, 2.45) is 11.8 Å². The standard InChI is InChI=1S/C31H31ClN2O6/c32-22-12-6-7-13-23(22)33-16-9-15-31-26(25-24(40-31)14-5-2-8-17-39-30(25)38)28(36)34(27(31)29(33)37)21(19-35)18-20-10-3-1-4-11-20/h1,3-7,9-15,21,24-27,35H,2,8,16-19H2/b14-5-/t21-,24-,25+,26+,27?,31+/m1/s1. The van der Waals surface area contributed by atoms with Crippen LogP contribution in [0.25, 0.3) is 0 Å². The lowest BCUT2D eigenvalue weighted by atomic mass is 9.78. The zero-order valence-corrected chi connectivity index (χ0v) is 22.7. The first-order valence-electron chi connectivity index (χ1n) is 13.7. The van der Waals surface area contributed by atoms with Crippen LogP contribution in [0.5, 0.6) is 0 Å². The van der Waals surface area contributed by atoms with Gasteiger partial charge >= 0.3 is 5.97 Å². The van der Waals surface area contributed by atoms with Crippen molar-refractivity contribution < 1.29 is 29.0 Å². The Labute approximate surface area is 237 Å². The molecule has 0 saturated carbocycles. The summed E-state index contributed by atoms with van der Waals surface area (Å²) in [6.07, 6.45) is 8.32. The maximum atomic E-state index is 14.6. The van der Waals surface area contributed by atoms with Crippen LogP contribution in [0.15, 0.2) is 78.9 Å². The number of halogens is 1. The van der Waals surface area contributed by atoms with Crippen molar-refractivity contribution in [2.45, 2.75) is 43.1 Å². The Kier molecular flexibility index (Phi) is 7.25. The van der Waals surface area contributed by atoms with Crippen molar-refractivity contribution in [3.63, 3.8) is 0 Å². The molecule has 40 heavy (non-hydrogen) atoms. The Balaban J connectivity index is 1.48. The van der Waals surface area contributed by atoms with Gasteiger partial charge in [-0.1, -0.05) is 78.4 Å². The number of rotatable bonds is 5. The molecule has 8 nitrogen and oxygen atoms in total. The third-order valence-corrected chi connectivity index (χ3v) is 8.67. The molecular weight excluding hydrogens is 532 g/mol. The SMILES string of the molecule is O=C1OCCC/C=C\[C@H]2O[C@]34C=CCN(c5ccccc5Cl)C(=O)C3N([C@@H](CO)Cc3ccccc3)C(=O)[C@@H]4[C@@H]12. The topological polar surface area (TPSA) is 96.4 Å². The predicted molar refractivity (Wildman–Crippen MR) is 149 cm³/mol. The van der Waals surface area contributed by atoms with Crippen molar-refractivity contribution in [1.82, 2.24) is 4.90 Å². The molecule has 4 aliphatic rings. The van der Waals surface area contributed by atoms with Crippen LogP contribution < -0.4 is 4.90 Å². The third kappa shape index (κ3) is 4.35. The van der Waals surface area contributed by atoms with Crippen molar-refractivity contribution in [2.75, 3.05) is 24.7 Å². The van der Waals surface area contributed by atoms with E-state index in [9.17, 15) is 19.5 Å². The number of carbonyl (C=O) groups excluding carboxylic acids is 3. The number of nitrogens with zero attached hydrogens (tertiary/aromatic N) is 2. The van der Waals surface area contributed by atoms with Gasteiger partial charge in [0.2, 0.25) is 5.91 Å². The van der Waals surface area contributed by atoms with E-state index in [-0.39, 0.29) is 25.7 Å². The molecule has 2 saturated heterocycles. The number of para-hydroxylation sites is 1. The quantitative estimate of drug-likeness (QED) is 0.444. The summed E-state index contributed by atoms with van der Waals surface area (Å²) in [6, 6.07) is 14.7. The molecule has 9 heteroatoms. The first-order chi connectivity index (χ1) is 19.5. The average molecular weight is 563 g/mol. The fourth-order valence-electron chi connectivity index (χ4n) is 6.61. The molecule has 1 unspecified atom stereocenters. The summed E-state index contributed by atoms with van der Waals surface area (Å²) >= 11 is 6.52. The molecule has 4 aliphatic heterocycles. The number of fused-ring (bicyclic) bond motifs is 2. The molecule has 6 rings (SSSR count). The second kappa shape index (κ2) is 10.8. The van der Waals surface area contributed by atoms with Gasteiger partial charge in [0.1, 0.15) is 17.6 Å². The molecule has 2 aromatic carbocycles. The van der Waals surface area contributed by atoms with Crippen LogP contribution in [-0.2, 0) is 30.3 Å². The van der Waals surface area contributed by atoms with Crippen LogP contribution in [0.2, 0.25) is 5.02 Å². The summed E-state index contributed by atoms with van der Waals surface area (Å²) in [5.74, 6) is -3.21. The number of amides is 2. The number of likely N-dealkylation sites (tertiary alicyclic amines) is 1. The van der Waals surface area contributed by atoms with Gasteiger partial charge in [-0.3, -0.25) is 14.4 Å². The second-order valence-corrected chi connectivity index (χ2v) is 11.1. The first kappa shape index (κ1) is 26.7. The highest BCUT2D eigenvalue weighted by Crippen LogP contribution is 2.54. The number of aliphatic hydroxyl groups is 1. The fourth-order valence-corrected chi connectivity index (χ4v) is 6.85. The minimum absolute atomic E-state index is 0.205. The van der Waals surface area contributed by atoms with Crippen LogP contribution in [0.3, 0.4) is 0 Å². The van der Waals surface area contributed by atoms with E-state index in [0.717, 1.165) is 5.56 Å².